The summed E-state index contributed by atoms with van der Waals surface area (Å²) in [4.78, 5) is 11.8. The molecule has 0 saturated heterocycles. The minimum absolute atomic E-state index is 0.0989. The molecule has 0 fully saturated rings. The van der Waals surface area contributed by atoms with Crippen LogP contribution < -0.4 is 11.3 Å². The average molecular weight is 257 g/mol. The molecular weight excluding hydrogens is 238 g/mol. The van der Waals surface area contributed by atoms with E-state index in [0.717, 1.165) is 16.8 Å². The highest BCUT2D eigenvalue weighted by atomic mass is 16.1. The van der Waals surface area contributed by atoms with Crippen molar-refractivity contribution in [1.82, 2.24) is 9.78 Å². The first-order valence-electron chi connectivity index (χ1n) is 6.40. The second-order valence-electron chi connectivity index (χ2n) is 4.90. The molecule has 0 spiro atoms. The van der Waals surface area contributed by atoms with Crippen LogP contribution in [-0.2, 0) is 0 Å². The van der Waals surface area contributed by atoms with Crippen molar-refractivity contribution in [3.05, 3.63) is 51.8 Å². The molecule has 0 aliphatic heterocycles. The SMILES string of the molecule is Cc1ccc(-c2ccc(=O)n(C(C)CN)n2)c(C)c1. The molecule has 1 unspecified atom stereocenters. The largest absolute Gasteiger partial charge is 0.328 e. The molecule has 100 valence electrons. The predicted molar refractivity (Wildman–Crippen MR) is 77.2 cm³/mol. The Morgan fingerprint density at radius 2 is 2.00 bits per heavy atom. The number of nitrogens with zero attached hydrogens (tertiary/aromatic N) is 2. The highest BCUT2D eigenvalue weighted by molar-refractivity contribution is 5.63. The summed E-state index contributed by atoms with van der Waals surface area (Å²) in [6.45, 7) is 6.39. The van der Waals surface area contributed by atoms with Crippen LogP contribution in [0.4, 0.5) is 0 Å². The highest BCUT2D eigenvalue weighted by Gasteiger charge is 2.09. The number of hydrogen-bond donors (Lipinski definition) is 1. The van der Waals surface area contributed by atoms with Crippen molar-refractivity contribution in [3.63, 3.8) is 0 Å². The van der Waals surface area contributed by atoms with Gasteiger partial charge in [-0.05, 0) is 32.4 Å². The van der Waals surface area contributed by atoms with Gasteiger partial charge in [0.05, 0.1) is 11.7 Å². The van der Waals surface area contributed by atoms with Crippen molar-refractivity contribution < 1.29 is 0 Å². The summed E-state index contributed by atoms with van der Waals surface area (Å²) in [5.41, 5.74) is 9.70. The molecule has 4 heteroatoms. The molecule has 2 aromatic rings. The van der Waals surface area contributed by atoms with Gasteiger partial charge in [0.2, 0.25) is 0 Å². The molecule has 0 aliphatic rings. The van der Waals surface area contributed by atoms with Crippen LogP contribution in [0.1, 0.15) is 24.1 Å². The van der Waals surface area contributed by atoms with Crippen LogP contribution in [0, 0.1) is 13.8 Å². The molecule has 4 nitrogen and oxygen atoms in total. The number of benzene rings is 1. The smallest absolute Gasteiger partial charge is 0.267 e. The third kappa shape index (κ3) is 2.74. The second kappa shape index (κ2) is 5.36. The predicted octanol–water partition coefficient (Wildman–Crippen LogP) is 2.05. The Kier molecular flexibility index (Phi) is 3.81. The Morgan fingerprint density at radius 3 is 2.63 bits per heavy atom. The summed E-state index contributed by atoms with van der Waals surface area (Å²) in [5, 5.41) is 4.43. The van der Waals surface area contributed by atoms with Gasteiger partial charge >= 0.3 is 0 Å². The molecule has 1 atom stereocenters. The fourth-order valence-electron chi connectivity index (χ4n) is 2.09. The topological polar surface area (TPSA) is 60.9 Å². The van der Waals surface area contributed by atoms with Gasteiger partial charge in [0, 0.05) is 18.2 Å². The van der Waals surface area contributed by atoms with E-state index in [0.29, 0.717) is 6.54 Å². The first-order chi connectivity index (χ1) is 9.02. The fraction of sp³-hybridized carbons (Fsp3) is 0.333. The maximum Gasteiger partial charge on any atom is 0.267 e. The van der Waals surface area contributed by atoms with Gasteiger partial charge in [-0.2, -0.15) is 5.10 Å². The van der Waals surface area contributed by atoms with Crippen molar-refractivity contribution in [1.29, 1.82) is 0 Å². The first kappa shape index (κ1) is 13.5. The maximum atomic E-state index is 11.8. The zero-order chi connectivity index (χ0) is 14.0. The molecule has 1 aromatic carbocycles. The molecule has 0 bridgehead atoms. The summed E-state index contributed by atoms with van der Waals surface area (Å²) in [6, 6.07) is 9.41. The van der Waals surface area contributed by atoms with Gasteiger partial charge in [-0.3, -0.25) is 4.79 Å². The van der Waals surface area contributed by atoms with Crippen molar-refractivity contribution in [2.45, 2.75) is 26.8 Å². The van der Waals surface area contributed by atoms with Gasteiger partial charge in [0.15, 0.2) is 0 Å². The lowest BCUT2D eigenvalue weighted by Gasteiger charge is -2.13. The van der Waals surface area contributed by atoms with Gasteiger partial charge in [0.1, 0.15) is 0 Å². The number of nitrogens with two attached hydrogens (primary N) is 1. The molecule has 2 N–H and O–H groups in total. The Balaban J connectivity index is 2.54. The molecule has 0 radical (unpaired) electrons. The van der Waals surface area contributed by atoms with E-state index in [1.54, 1.807) is 12.1 Å². The van der Waals surface area contributed by atoms with Crippen molar-refractivity contribution in [2.75, 3.05) is 6.54 Å². The van der Waals surface area contributed by atoms with Gasteiger partial charge in [-0.15, -0.1) is 0 Å². The van der Waals surface area contributed by atoms with Crippen LogP contribution in [0.5, 0.6) is 0 Å². The van der Waals surface area contributed by atoms with E-state index in [1.165, 1.54) is 10.2 Å². The zero-order valence-corrected chi connectivity index (χ0v) is 11.6. The van der Waals surface area contributed by atoms with Crippen LogP contribution in [0.2, 0.25) is 0 Å². The lowest BCUT2D eigenvalue weighted by atomic mass is 10.0. The van der Waals surface area contributed by atoms with Gasteiger partial charge in [0.25, 0.3) is 5.56 Å². The summed E-state index contributed by atoms with van der Waals surface area (Å²) >= 11 is 0. The van der Waals surface area contributed by atoms with Crippen LogP contribution in [0.3, 0.4) is 0 Å². The van der Waals surface area contributed by atoms with Crippen molar-refractivity contribution >= 4 is 0 Å². The third-order valence-electron chi connectivity index (χ3n) is 3.24. The molecule has 0 amide bonds. The summed E-state index contributed by atoms with van der Waals surface area (Å²) < 4.78 is 1.45. The Morgan fingerprint density at radius 1 is 1.26 bits per heavy atom. The van der Waals surface area contributed by atoms with Crippen LogP contribution in [-0.4, -0.2) is 16.3 Å². The van der Waals surface area contributed by atoms with E-state index >= 15 is 0 Å². The number of aromatic nitrogens is 2. The van der Waals surface area contributed by atoms with E-state index in [9.17, 15) is 4.79 Å². The molecular formula is C15H19N3O. The highest BCUT2D eigenvalue weighted by Crippen LogP contribution is 2.21. The monoisotopic (exact) mass is 257 g/mol. The molecule has 1 aromatic heterocycles. The van der Waals surface area contributed by atoms with E-state index in [-0.39, 0.29) is 11.6 Å². The number of aryl methyl sites for hydroxylation is 2. The van der Waals surface area contributed by atoms with Gasteiger partial charge < -0.3 is 5.73 Å². The van der Waals surface area contributed by atoms with E-state index < -0.39 is 0 Å². The fourth-order valence-corrected chi connectivity index (χ4v) is 2.09. The van der Waals surface area contributed by atoms with Crippen molar-refractivity contribution in [3.8, 4) is 11.3 Å². The maximum absolute atomic E-state index is 11.8. The normalized spacial score (nSPS) is 12.4. The quantitative estimate of drug-likeness (QED) is 0.915. The Labute approximate surface area is 112 Å². The van der Waals surface area contributed by atoms with E-state index in [1.807, 2.05) is 26.0 Å². The van der Waals surface area contributed by atoms with E-state index in [2.05, 4.69) is 18.1 Å². The number of rotatable bonds is 3. The molecule has 0 saturated carbocycles. The summed E-state index contributed by atoms with van der Waals surface area (Å²) in [5.74, 6) is 0. The van der Waals surface area contributed by atoms with Crippen molar-refractivity contribution in [2.24, 2.45) is 5.73 Å². The third-order valence-corrected chi connectivity index (χ3v) is 3.24. The lowest BCUT2D eigenvalue weighted by Crippen LogP contribution is -2.29. The summed E-state index contributed by atoms with van der Waals surface area (Å²) in [7, 11) is 0. The second-order valence-corrected chi connectivity index (χ2v) is 4.90. The zero-order valence-electron chi connectivity index (χ0n) is 11.6. The molecule has 19 heavy (non-hydrogen) atoms. The minimum atomic E-state index is -0.119. The van der Waals surface area contributed by atoms with Gasteiger partial charge in [-0.1, -0.05) is 23.8 Å². The minimum Gasteiger partial charge on any atom is -0.328 e. The standard InChI is InChI=1S/C15H19N3O/c1-10-4-5-13(11(2)8-10)14-6-7-15(19)18(17-14)12(3)9-16/h4-8,12H,9,16H2,1-3H3. The van der Waals surface area contributed by atoms with Crippen LogP contribution in [0.15, 0.2) is 35.1 Å². The van der Waals surface area contributed by atoms with Gasteiger partial charge in [-0.25, -0.2) is 4.68 Å². The molecule has 1 heterocycles. The Bertz CT molecular complexity index is 646. The summed E-state index contributed by atoms with van der Waals surface area (Å²) in [6.07, 6.45) is 0. The number of hydrogen-bond acceptors (Lipinski definition) is 3. The first-order valence-corrected chi connectivity index (χ1v) is 6.40. The average Bonchev–Trinajstić information content (AvgIpc) is 2.39. The van der Waals surface area contributed by atoms with Crippen LogP contribution >= 0.6 is 0 Å². The Hall–Kier alpha value is -1.94. The van der Waals surface area contributed by atoms with Crippen LogP contribution in [0.25, 0.3) is 11.3 Å². The lowest BCUT2D eigenvalue weighted by molar-refractivity contribution is 0.477. The van der Waals surface area contributed by atoms with E-state index in [4.69, 9.17) is 5.73 Å². The molecule has 2 rings (SSSR count). The molecule has 0 aliphatic carbocycles.